The maximum atomic E-state index is 14.0. The van der Waals surface area contributed by atoms with Gasteiger partial charge in [-0.05, 0) is 12.1 Å². The van der Waals surface area contributed by atoms with Crippen LogP contribution in [0.2, 0.25) is 0 Å². The predicted octanol–water partition coefficient (Wildman–Crippen LogP) is 5.90. The van der Waals surface area contributed by atoms with Crippen molar-refractivity contribution >= 4 is 34.1 Å². The number of Topliss-reactive ketones (excluding diaryl/α,β-unsaturated/α-hetero) is 3. The van der Waals surface area contributed by atoms with Crippen LogP contribution in [0, 0.1) is 0 Å². The average Bonchev–Trinajstić information content (AvgIpc) is 3.36. The van der Waals surface area contributed by atoms with Crippen LogP contribution in [0.25, 0.3) is 16.7 Å². The van der Waals surface area contributed by atoms with Crippen molar-refractivity contribution in [2.24, 2.45) is 0 Å². The molecule has 0 saturated carbocycles. The van der Waals surface area contributed by atoms with Gasteiger partial charge in [0.2, 0.25) is 5.78 Å². The maximum absolute atomic E-state index is 14.0. The number of rotatable bonds is 7. The minimum Gasteiger partial charge on any atom is -0.294 e. The lowest BCUT2D eigenvalue weighted by Gasteiger charge is -2.16. The molecule has 5 rings (SSSR count). The van der Waals surface area contributed by atoms with Crippen LogP contribution < -0.4 is 0 Å². The van der Waals surface area contributed by atoms with E-state index in [1.807, 2.05) is 18.2 Å². The summed E-state index contributed by atoms with van der Waals surface area (Å²) in [6.45, 7) is 0. The zero-order valence-corrected chi connectivity index (χ0v) is 18.7. The van der Waals surface area contributed by atoms with E-state index < -0.39 is 17.3 Å². The van der Waals surface area contributed by atoms with E-state index in [1.54, 1.807) is 102 Å². The summed E-state index contributed by atoms with van der Waals surface area (Å²) in [4.78, 5) is 46.2. The van der Waals surface area contributed by atoms with E-state index in [-0.39, 0.29) is 11.3 Å². The molecule has 0 radical (unpaired) electrons. The molecule has 1 heterocycles. The number of hydrogen-bond acceptors (Lipinski definition) is 4. The zero-order chi connectivity index (χ0) is 24.2. The summed E-state index contributed by atoms with van der Waals surface area (Å²) in [5.41, 5.74) is 2.01. The molecule has 0 atom stereocenters. The Morgan fingerprint density at radius 3 is 1.46 bits per heavy atom. The molecule has 0 aliphatic heterocycles. The summed E-state index contributed by atoms with van der Waals surface area (Å²) in [7, 11) is 0. The zero-order valence-electron chi connectivity index (χ0n) is 18.7. The highest BCUT2D eigenvalue weighted by molar-refractivity contribution is 6.42. The number of benzene rings is 4. The first-order chi connectivity index (χ1) is 17.1. The highest BCUT2D eigenvalue weighted by Crippen LogP contribution is 2.27. The molecule has 0 aliphatic carbocycles. The lowest BCUT2D eigenvalue weighted by molar-refractivity contribution is 0.0951. The fourth-order valence-electron chi connectivity index (χ4n) is 3.99. The third-order valence-electron chi connectivity index (χ3n) is 5.71. The molecule has 5 nitrogen and oxygen atoms in total. The van der Waals surface area contributed by atoms with Gasteiger partial charge in [-0.15, -0.1) is 0 Å². The normalized spacial score (nSPS) is 10.6. The summed E-state index contributed by atoms with van der Waals surface area (Å²) >= 11 is 0. The Labute approximate surface area is 202 Å². The molecular formula is C30H20N2O3. The Kier molecular flexibility index (Phi) is 5.97. The number of ketones is 3. The smallest absolute Gasteiger partial charge is 0.210 e. The third-order valence-corrected chi connectivity index (χ3v) is 5.71. The fraction of sp³-hybridized carbons (Fsp3) is 0. The summed E-state index contributed by atoms with van der Waals surface area (Å²) < 4.78 is 1.54. The van der Waals surface area contributed by atoms with Crippen molar-refractivity contribution in [2.45, 2.75) is 0 Å². The number of aromatic nitrogens is 2. The molecule has 0 unspecified atom stereocenters. The van der Waals surface area contributed by atoms with Gasteiger partial charge in [-0.2, -0.15) is 0 Å². The Morgan fingerprint density at radius 1 is 0.514 bits per heavy atom. The van der Waals surface area contributed by atoms with E-state index >= 15 is 0 Å². The van der Waals surface area contributed by atoms with Crippen LogP contribution in [0.3, 0.4) is 0 Å². The molecule has 168 valence electrons. The van der Waals surface area contributed by atoms with Crippen molar-refractivity contribution in [1.29, 1.82) is 0 Å². The number of para-hydroxylation sites is 2. The van der Waals surface area contributed by atoms with Gasteiger partial charge in [0.15, 0.2) is 11.6 Å². The standard InChI is InChI=1S/C30H20N2O3/c33-28(21-12-4-1-5-13-21)26(29(34)22-14-6-2-7-15-22)27(30(35)23-16-8-3-9-17-23)32-20-31-24-18-10-11-19-25(24)32/h1-20H. The van der Waals surface area contributed by atoms with Gasteiger partial charge in [0.25, 0.3) is 0 Å². The molecule has 5 aromatic rings. The second-order valence-corrected chi connectivity index (χ2v) is 7.91. The monoisotopic (exact) mass is 456 g/mol. The molecule has 4 aromatic carbocycles. The van der Waals surface area contributed by atoms with Crippen LogP contribution in [0.5, 0.6) is 0 Å². The third kappa shape index (κ3) is 4.23. The summed E-state index contributed by atoms with van der Waals surface area (Å²) in [5.74, 6) is -1.51. The largest absolute Gasteiger partial charge is 0.294 e. The van der Waals surface area contributed by atoms with Gasteiger partial charge in [0.1, 0.15) is 12.0 Å². The van der Waals surface area contributed by atoms with E-state index in [9.17, 15) is 14.4 Å². The molecule has 0 saturated heterocycles. The summed E-state index contributed by atoms with van der Waals surface area (Å²) in [6, 6.07) is 32.9. The molecule has 0 N–H and O–H groups in total. The molecule has 1 aromatic heterocycles. The second-order valence-electron chi connectivity index (χ2n) is 7.91. The highest BCUT2D eigenvalue weighted by Gasteiger charge is 2.31. The Morgan fingerprint density at radius 2 is 0.943 bits per heavy atom. The first-order valence-corrected chi connectivity index (χ1v) is 11.1. The fourth-order valence-corrected chi connectivity index (χ4v) is 3.99. The van der Waals surface area contributed by atoms with Crippen molar-refractivity contribution < 1.29 is 14.4 Å². The minimum absolute atomic E-state index is 0.0346. The first-order valence-electron chi connectivity index (χ1n) is 11.1. The van der Waals surface area contributed by atoms with E-state index in [0.29, 0.717) is 27.7 Å². The first kappa shape index (κ1) is 21.9. The molecule has 5 heteroatoms. The van der Waals surface area contributed by atoms with Gasteiger partial charge in [0, 0.05) is 16.7 Å². The molecule has 35 heavy (non-hydrogen) atoms. The van der Waals surface area contributed by atoms with Crippen molar-refractivity contribution in [3.05, 3.63) is 144 Å². The van der Waals surface area contributed by atoms with Crippen molar-refractivity contribution in [3.8, 4) is 0 Å². The van der Waals surface area contributed by atoms with Crippen LogP contribution in [-0.2, 0) is 0 Å². The van der Waals surface area contributed by atoms with Crippen LogP contribution in [-0.4, -0.2) is 26.9 Å². The second kappa shape index (κ2) is 9.53. The molecule has 0 spiro atoms. The molecule has 0 aliphatic rings. The van der Waals surface area contributed by atoms with Crippen LogP contribution in [0.4, 0.5) is 0 Å². The number of carbonyl (C=O) groups is 3. The summed E-state index contributed by atoms with van der Waals surface area (Å²) in [6.07, 6.45) is 1.48. The average molecular weight is 457 g/mol. The quantitative estimate of drug-likeness (QED) is 0.132. The number of allylic oxidation sites excluding steroid dienone is 2. The van der Waals surface area contributed by atoms with E-state index in [1.165, 1.54) is 6.33 Å². The van der Waals surface area contributed by atoms with E-state index in [0.717, 1.165) is 0 Å². The minimum atomic E-state index is -0.531. The SMILES string of the molecule is O=C(C(C(=O)c1ccccc1)=C(C(=O)c1ccccc1)n1cnc2ccccc21)c1ccccc1. The molecule has 0 amide bonds. The van der Waals surface area contributed by atoms with Crippen LogP contribution in [0.1, 0.15) is 31.1 Å². The Balaban J connectivity index is 1.85. The lowest BCUT2D eigenvalue weighted by Crippen LogP contribution is -2.22. The maximum Gasteiger partial charge on any atom is 0.210 e. The molecule has 0 bridgehead atoms. The number of imidazole rings is 1. The van der Waals surface area contributed by atoms with Crippen molar-refractivity contribution in [2.75, 3.05) is 0 Å². The van der Waals surface area contributed by atoms with Gasteiger partial charge in [-0.1, -0.05) is 103 Å². The van der Waals surface area contributed by atoms with Gasteiger partial charge in [-0.3, -0.25) is 19.0 Å². The number of carbonyl (C=O) groups excluding carboxylic acids is 3. The van der Waals surface area contributed by atoms with Gasteiger partial charge < -0.3 is 0 Å². The van der Waals surface area contributed by atoms with Gasteiger partial charge in [0.05, 0.1) is 16.6 Å². The highest BCUT2D eigenvalue weighted by atomic mass is 16.2. The number of nitrogens with zero attached hydrogens (tertiary/aromatic N) is 2. The molecular weight excluding hydrogens is 436 g/mol. The van der Waals surface area contributed by atoms with E-state index in [4.69, 9.17) is 0 Å². The van der Waals surface area contributed by atoms with Gasteiger partial charge >= 0.3 is 0 Å². The lowest BCUT2D eigenvalue weighted by atomic mass is 9.91. The molecule has 0 fully saturated rings. The predicted molar refractivity (Wildman–Crippen MR) is 135 cm³/mol. The van der Waals surface area contributed by atoms with Gasteiger partial charge in [-0.25, -0.2) is 4.98 Å². The topological polar surface area (TPSA) is 69.0 Å². The van der Waals surface area contributed by atoms with E-state index in [2.05, 4.69) is 4.98 Å². The van der Waals surface area contributed by atoms with Crippen molar-refractivity contribution in [3.63, 3.8) is 0 Å². The Bertz CT molecular complexity index is 1510. The Hall–Kier alpha value is -4.90. The number of fused-ring (bicyclic) bond motifs is 1. The van der Waals surface area contributed by atoms with Crippen LogP contribution >= 0.6 is 0 Å². The summed E-state index contributed by atoms with van der Waals surface area (Å²) in [5, 5.41) is 0. The number of hydrogen-bond donors (Lipinski definition) is 0. The van der Waals surface area contributed by atoms with Crippen LogP contribution in [0.15, 0.2) is 127 Å². The van der Waals surface area contributed by atoms with Crippen molar-refractivity contribution in [1.82, 2.24) is 9.55 Å².